The van der Waals surface area contributed by atoms with Gasteiger partial charge in [0.2, 0.25) is 5.91 Å². The highest BCUT2D eigenvalue weighted by molar-refractivity contribution is 5.93. The van der Waals surface area contributed by atoms with E-state index >= 15 is 0 Å². The number of methoxy groups -OCH3 is 1. The van der Waals surface area contributed by atoms with Crippen molar-refractivity contribution in [2.24, 2.45) is 10.7 Å². The Morgan fingerprint density at radius 2 is 1.74 bits per heavy atom. The Kier molecular flexibility index (Phi) is 3.93. The Morgan fingerprint density at radius 3 is 2.26 bits per heavy atom. The molecule has 19 heavy (non-hydrogen) atoms. The zero-order valence-corrected chi connectivity index (χ0v) is 10.5. The molecule has 0 saturated carbocycles. The number of nitrogens with zero attached hydrogens (tertiary/aromatic N) is 1. The zero-order valence-electron chi connectivity index (χ0n) is 10.5. The van der Waals surface area contributed by atoms with Crippen LogP contribution in [0.25, 0.3) is 0 Å². The van der Waals surface area contributed by atoms with Gasteiger partial charge in [-0.2, -0.15) is 0 Å². The van der Waals surface area contributed by atoms with Crippen molar-refractivity contribution in [2.75, 3.05) is 7.11 Å². The summed E-state index contributed by atoms with van der Waals surface area (Å²) in [6, 6.07) is 14.4. The van der Waals surface area contributed by atoms with E-state index in [1.807, 2.05) is 24.3 Å². The average Bonchev–Trinajstić information content (AvgIpc) is 2.46. The van der Waals surface area contributed by atoms with Gasteiger partial charge >= 0.3 is 0 Å². The van der Waals surface area contributed by atoms with Gasteiger partial charge in [0.1, 0.15) is 5.75 Å². The summed E-state index contributed by atoms with van der Waals surface area (Å²) in [6.45, 7) is 0. The number of primary amides is 1. The van der Waals surface area contributed by atoms with Crippen molar-refractivity contribution < 1.29 is 9.53 Å². The Balaban J connectivity index is 2.10. The summed E-state index contributed by atoms with van der Waals surface area (Å²) in [6.07, 6.45) is 1.75. The first-order valence-corrected chi connectivity index (χ1v) is 5.77. The molecular weight excluding hydrogens is 240 g/mol. The van der Waals surface area contributed by atoms with Gasteiger partial charge < -0.3 is 10.5 Å². The van der Waals surface area contributed by atoms with Crippen molar-refractivity contribution in [2.45, 2.75) is 0 Å². The maximum Gasteiger partial charge on any atom is 0.248 e. The van der Waals surface area contributed by atoms with Crippen LogP contribution in [0.3, 0.4) is 0 Å². The van der Waals surface area contributed by atoms with Crippen LogP contribution < -0.4 is 10.5 Å². The molecule has 0 aliphatic rings. The fourth-order valence-corrected chi connectivity index (χ4v) is 1.55. The fourth-order valence-electron chi connectivity index (χ4n) is 1.55. The maximum atomic E-state index is 10.9. The summed E-state index contributed by atoms with van der Waals surface area (Å²) in [7, 11) is 1.63. The molecule has 2 rings (SSSR count). The van der Waals surface area contributed by atoms with Crippen LogP contribution in [0.15, 0.2) is 53.5 Å². The van der Waals surface area contributed by atoms with E-state index in [4.69, 9.17) is 10.5 Å². The number of hydrogen-bond donors (Lipinski definition) is 1. The number of hydrogen-bond acceptors (Lipinski definition) is 3. The highest BCUT2D eigenvalue weighted by Gasteiger charge is 1.98. The minimum Gasteiger partial charge on any atom is -0.497 e. The van der Waals surface area contributed by atoms with Crippen molar-refractivity contribution in [3.05, 3.63) is 59.7 Å². The number of ether oxygens (including phenoxy) is 1. The third-order valence-corrected chi connectivity index (χ3v) is 2.63. The van der Waals surface area contributed by atoms with Crippen LogP contribution in [0.2, 0.25) is 0 Å². The van der Waals surface area contributed by atoms with E-state index in [0.717, 1.165) is 17.0 Å². The molecule has 4 nitrogen and oxygen atoms in total. The number of nitrogens with two attached hydrogens (primary N) is 1. The lowest BCUT2D eigenvalue weighted by atomic mass is 10.2. The first-order valence-electron chi connectivity index (χ1n) is 5.77. The molecule has 0 aliphatic heterocycles. The molecular formula is C15H14N2O2. The van der Waals surface area contributed by atoms with E-state index in [1.54, 1.807) is 37.6 Å². The molecule has 2 aromatic rings. The lowest BCUT2D eigenvalue weighted by Gasteiger charge is -1.99. The maximum absolute atomic E-state index is 10.9. The van der Waals surface area contributed by atoms with E-state index in [2.05, 4.69) is 4.99 Å². The number of benzene rings is 2. The molecule has 0 unspecified atom stereocenters. The van der Waals surface area contributed by atoms with Crippen LogP contribution in [0.1, 0.15) is 15.9 Å². The van der Waals surface area contributed by atoms with Crippen LogP contribution in [-0.2, 0) is 0 Å². The molecule has 0 aliphatic carbocycles. The molecule has 0 atom stereocenters. The summed E-state index contributed by atoms with van der Waals surface area (Å²) in [5, 5.41) is 0. The molecule has 0 bridgehead atoms. The molecule has 1 amide bonds. The second-order valence-electron chi connectivity index (χ2n) is 3.94. The van der Waals surface area contributed by atoms with Gasteiger partial charge in [-0.3, -0.25) is 9.79 Å². The van der Waals surface area contributed by atoms with Crippen LogP contribution in [0, 0.1) is 0 Å². The quantitative estimate of drug-likeness (QED) is 0.852. The lowest BCUT2D eigenvalue weighted by Crippen LogP contribution is -2.10. The second-order valence-corrected chi connectivity index (χ2v) is 3.94. The number of aliphatic imine (C=N–C) groups is 1. The van der Waals surface area contributed by atoms with Crippen molar-refractivity contribution in [3.63, 3.8) is 0 Å². The first kappa shape index (κ1) is 12.8. The van der Waals surface area contributed by atoms with Gasteiger partial charge in [-0.15, -0.1) is 0 Å². The molecule has 0 spiro atoms. The zero-order chi connectivity index (χ0) is 13.7. The molecule has 0 fully saturated rings. The molecule has 2 N–H and O–H groups in total. The summed E-state index contributed by atoms with van der Waals surface area (Å²) < 4.78 is 5.08. The van der Waals surface area contributed by atoms with Crippen molar-refractivity contribution >= 4 is 17.8 Å². The monoisotopic (exact) mass is 254 g/mol. The Hall–Kier alpha value is -2.62. The highest BCUT2D eigenvalue weighted by atomic mass is 16.5. The number of carbonyl (C=O) groups is 1. The average molecular weight is 254 g/mol. The molecule has 0 radical (unpaired) electrons. The van der Waals surface area contributed by atoms with Gasteiger partial charge in [0.15, 0.2) is 0 Å². The lowest BCUT2D eigenvalue weighted by molar-refractivity contribution is 0.100. The van der Waals surface area contributed by atoms with Gasteiger partial charge in [0.05, 0.1) is 12.8 Å². The first-order chi connectivity index (χ1) is 9.19. The fraction of sp³-hybridized carbons (Fsp3) is 0.0667. The van der Waals surface area contributed by atoms with E-state index in [9.17, 15) is 4.79 Å². The topological polar surface area (TPSA) is 64.7 Å². The van der Waals surface area contributed by atoms with Gasteiger partial charge in [-0.1, -0.05) is 0 Å². The van der Waals surface area contributed by atoms with Crippen molar-refractivity contribution in [3.8, 4) is 5.75 Å². The number of rotatable bonds is 4. The Morgan fingerprint density at radius 1 is 1.11 bits per heavy atom. The van der Waals surface area contributed by atoms with Crippen LogP contribution >= 0.6 is 0 Å². The smallest absolute Gasteiger partial charge is 0.248 e. The summed E-state index contributed by atoms with van der Waals surface area (Å²) in [5.41, 5.74) is 7.38. The van der Waals surface area contributed by atoms with E-state index in [0.29, 0.717) is 5.56 Å². The Labute approximate surface area is 111 Å². The third kappa shape index (κ3) is 3.42. The predicted molar refractivity (Wildman–Crippen MR) is 75.2 cm³/mol. The molecule has 96 valence electrons. The standard InChI is InChI=1S/C15H14N2O2/c1-19-14-8-2-11(3-9-14)10-17-13-6-4-12(5-7-13)15(16)18/h2-10H,1H3,(H2,16,18). The van der Waals surface area contributed by atoms with Crippen molar-refractivity contribution in [1.82, 2.24) is 0 Å². The predicted octanol–water partition coefficient (Wildman–Crippen LogP) is 2.54. The number of amides is 1. The van der Waals surface area contributed by atoms with Crippen molar-refractivity contribution in [1.29, 1.82) is 0 Å². The molecule has 2 aromatic carbocycles. The van der Waals surface area contributed by atoms with Gasteiger partial charge in [0.25, 0.3) is 0 Å². The van der Waals surface area contributed by atoms with Gasteiger partial charge in [0, 0.05) is 11.8 Å². The highest BCUT2D eigenvalue weighted by Crippen LogP contribution is 2.14. The molecule has 0 aromatic heterocycles. The molecule has 0 saturated heterocycles. The van der Waals surface area contributed by atoms with E-state index in [1.165, 1.54) is 0 Å². The minimum absolute atomic E-state index is 0.439. The van der Waals surface area contributed by atoms with Gasteiger partial charge in [-0.05, 0) is 54.1 Å². The van der Waals surface area contributed by atoms with E-state index < -0.39 is 5.91 Å². The minimum atomic E-state index is -0.439. The largest absolute Gasteiger partial charge is 0.497 e. The van der Waals surface area contributed by atoms with E-state index in [-0.39, 0.29) is 0 Å². The second kappa shape index (κ2) is 5.82. The molecule has 0 heterocycles. The molecule has 4 heteroatoms. The summed E-state index contributed by atoms with van der Waals surface area (Å²) >= 11 is 0. The van der Waals surface area contributed by atoms with Crippen LogP contribution in [-0.4, -0.2) is 19.2 Å². The third-order valence-electron chi connectivity index (χ3n) is 2.63. The summed E-state index contributed by atoms with van der Waals surface area (Å²) in [4.78, 5) is 15.2. The Bertz CT molecular complexity index is 587. The van der Waals surface area contributed by atoms with Crippen LogP contribution in [0.4, 0.5) is 5.69 Å². The summed E-state index contributed by atoms with van der Waals surface area (Å²) in [5.74, 6) is 0.369. The SMILES string of the molecule is COc1ccc(C=Nc2ccc(C(N)=O)cc2)cc1. The van der Waals surface area contributed by atoms with Crippen LogP contribution in [0.5, 0.6) is 5.75 Å². The number of carbonyl (C=O) groups excluding carboxylic acids is 1. The van der Waals surface area contributed by atoms with Gasteiger partial charge in [-0.25, -0.2) is 0 Å². The normalized spacial score (nSPS) is 10.6.